The minimum absolute atomic E-state index is 0.218. The highest BCUT2D eigenvalue weighted by atomic mass is 19.2. The zero-order valence-electron chi connectivity index (χ0n) is 8.42. The Kier molecular flexibility index (Phi) is 3.16. The summed E-state index contributed by atoms with van der Waals surface area (Å²) in [5, 5.41) is 9.39. The predicted octanol–water partition coefficient (Wildman–Crippen LogP) is 2.32. The molecule has 0 spiro atoms. The molecule has 5 heteroatoms. The fraction of sp³-hybridized carbons (Fsp3) is 0.455. The number of benzene rings is 1. The van der Waals surface area contributed by atoms with Crippen LogP contribution in [0.4, 0.5) is 13.2 Å². The first kappa shape index (κ1) is 11.4. The molecule has 0 saturated carbocycles. The number of ether oxygens (including phenoxy) is 1. The van der Waals surface area contributed by atoms with Crippen molar-refractivity contribution in [3.8, 4) is 0 Å². The number of rotatable bonds is 1. The van der Waals surface area contributed by atoms with Crippen molar-refractivity contribution in [1.82, 2.24) is 0 Å². The Bertz CT molecular complexity index is 372. The molecule has 1 fully saturated rings. The smallest absolute Gasteiger partial charge is 0.194 e. The Morgan fingerprint density at radius 3 is 2.38 bits per heavy atom. The summed E-state index contributed by atoms with van der Waals surface area (Å²) < 4.78 is 43.9. The molecule has 1 N–H and O–H groups in total. The summed E-state index contributed by atoms with van der Waals surface area (Å²) in [4.78, 5) is 0. The summed E-state index contributed by atoms with van der Waals surface area (Å²) in [6.07, 6.45) is -0.351. The summed E-state index contributed by atoms with van der Waals surface area (Å²) in [5.74, 6) is -3.96. The van der Waals surface area contributed by atoms with E-state index in [1.54, 1.807) is 0 Å². The molecule has 0 radical (unpaired) electrons. The maximum Gasteiger partial charge on any atom is 0.194 e. The van der Waals surface area contributed by atoms with E-state index in [0.717, 1.165) is 12.1 Å². The summed E-state index contributed by atoms with van der Waals surface area (Å²) >= 11 is 0. The van der Waals surface area contributed by atoms with Gasteiger partial charge in [-0.1, -0.05) is 0 Å². The second-order valence-electron chi connectivity index (χ2n) is 3.84. The van der Waals surface area contributed by atoms with E-state index >= 15 is 0 Å². The number of aliphatic hydroxyl groups is 1. The lowest BCUT2D eigenvalue weighted by Crippen LogP contribution is -2.23. The van der Waals surface area contributed by atoms with Gasteiger partial charge in [0.25, 0.3) is 0 Å². The van der Waals surface area contributed by atoms with Crippen molar-refractivity contribution < 1.29 is 23.0 Å². The van der Waals surface area contributed by atoms with Crippen LogP contribution in [0.5, 0.6) is 0 Å². The average Bonchev–Trinajstić information content (AvgIpc) is 2.25. The van der Waals surface area contributed by atoms with Crippen LogP contribution in [0.15, 0.2) is 12.1 Å². The molecule has 1 heterocycles. The van der Waals surface area contributed by atoms with Gasteiger partial charge in [0.15, 0.2) is 17.5 Å². The summed E-state index contributed by atoms with van der Waals surface area (Å²) in [6, 6.07) is 1.81. The van der Waals surface area contributed by atoms with Crippen molar-refractivity contribution in [3.63, 3.8) is 0 Å². The molecule has 1 aromatic carbocycles. The van der Waals surface area contributed by atoms with Gasteiger partial charge >= 0.3 is 0 Å². The number of aliphatic hydroxyl groups excluding tert-OH is 1. The lowest BCUT2D eigenvalue weighted by molar-refractivity contribution is -0.0450. The zero-order valence-corrected chi connectivity index (χ0v) is 8.42. The molecule has 2 atom stereocenters. The van der Waals surface area contributed by atoms with Gasteiger partial charge in [-0.05, 0) is 24.1 Å². The summed E-state index contributed by atoms with van der Waals surface area (Å²) in [6.45, 7) is 0.326. The Morgan fingerprint density at radius 1 is 1.19 bits per heavy atom. The van der Waals surface area contributed by atoms with Gasteiger partial charge in [0.1, 0.15) is 0 Å². The molecule has 0 aliphatic carbocycles. The van der Waals surface area contributed by atoms with Crippen molar-refractivity contribution in [1.29, 1.82) is 0 Å². The number of hydrogen-bond donors (Lipinski definition) is 1. The highest BCUT2D eigenvalue weighted by molar-refractivity contribution is 5.22. The van der Waals surface area contributed by atoms with Crippen LogP contribution in [-0.4, -0.2) is 17.8 Å². The van der Waals surface area contributed by atoms with Crippen LogP contribution in [0, 0.1) is 17.5 Å². The van der Waals surface area contributed by atoms with Crippen LogP contribution in [-0.2, 0) is 4.74 Å². The first-order chi connectivity index (χ1) is 7.58. The normalized spacial score (nSPS) is 25.8. The van der Waals surface area contributed by atoms with Crippen LogP contribution in [0.3, 0.4) is 0 Å². The monoisotopic (exact) mass is 232 g/mol. The molecular weight excluding hydrogens is 221 g/mol. The Balaban J connectivity index is 2.26. The third kappa shape index (κ3) is 2.20. The first-order valence-corrected chi connectivity index (χ1v) is 5.02. The van der Waals surface area contributed by atoms with E-state index in [1.165, 1.54) is 0 Å². The Hall–Kier alpha value is -1.07. The first-order valence-electron chi connectivity index (χ1n) is 5.02. The predicted molar refractivity (Wildman–Crippen MR) is 50.2 cm³/mol. The van der Waals surface area contributed by atoms with E-state index in [1.807, 2.05) is 0 Å². The quantitative estimate of drug-likeness (QED) is 0.753. The van der Waals surface area contributed by atoms with Crippen molar-refractivity contribution in [2.45, 2.75) is 25.0 Å². The van der Waals surface area contributed by atoms with E-state index in [2.05, 4.69) is 0 Å². The largest absolute Gasteiger partial charge is 0.393 e. The molecule has 1 aliphatic heterocycles. The molecule has 88 valence electrons. The Labute approximate surface area is 90.7 Å². The molecule has 0 aromatic heterocycles. The van der Waals surface area contributed by atoms with Gasteiger partial charge < -0.3 is 9.84 Å². The van der Waals surface area contributed by atoms with Gasteiger partial charge in [-0.25, -0.2) is 13.2 Å². The van der Waals surface area contributed by atoms with Crippen LogP contribution in [0.1, 0.15) is 24.5 Å². The highest BCUT2D eigenvalue weighted by Gasteiger charge is 2.24. The molecule has 0 amide bonds. The van der Waals surface area contributed by atoms with Gasteiger partial charge in [0.05, 0.1) is 12.2 Å². The number of halogens is 3. The maximum atomic E-state index is 13.0. The lowest BCUT2D eigenvalue weighted by atomic mass is 9.99. The van der Waals surface area contributed by atoms with Gasteiger partial charge in [0.2, 0.25) is 0 Å². The minimum atomic E-state index is -1.49. The topological polar surface area (TPSA) is 29.5 Å². The SMILES string of the molecule is OC1CCOC(c2cc(F)c(F)c(F)c2)C1. The van der Waals surface area contributed by atoms with Crippen molar-refractivity contribution in [2.75, 3.05) is 6.61 Å². The highest BCUT2D eigenvalue weighted by Crippen LogP contribution is 2.29. The van der Waals surface area contributed by atoms with E-state index in [-0.39, 0.29) is 12.0 Å². The lowest BCUT2D eigenvalue weighted by Gasteiger charge is -2.26. The van der Waals surface area contributed by atoms with Crippen molar-refractivity contribution in [2.24, 2.45) is 0 Å². The third-order valence-corrected chi connectivity index (χ3v) is 2.63. The fourth-order valence-corrected chi connectivity index (χ4v) is 1.77. The molecular formula is C11H11F3O2. The van der Waals surface area contributed by atoms with E-state index in [4.69, 9.17) is 4.74 Å². The summed E-state index contributed by atoms with van der Waals surface area (Å²) in [5.41, 5.74) is 0.218. The van der Waals surface area contributed by atoms with Gasteiger partial charge in [-0.15, -0.1) is 0 Å². The van der Waals surface area contributed by atoms with Crippen LogP contribution in [0.2, 0.25) is 0 Å². The molecule has 0 bridgehead atoms. The van der Waals surface area contributed by atoms with Crippen LogP contribution < -0.4 is 0 Å². The zero-order chi connectivity index (χ0) is 11.7. The van der Waals surface area contributed by atoms with Gasteiger partial charge in [-0.2, -0.15) is 0 Å². The van der Waals surface area contributed by atoms with E-state index in [0.29, 0.717) is 13.0 Å². The van der Waals surface area contributed by atoms with Crippen LogP contribution >= 0.6 is 0 Å². The van der Waals surface area contributed by atoms with E-state index < -0.39 is 29.7 Å². The Morgan fingerprint density at radius 2 is 1.81 bits per heavy atom. The van der Waals surface area contributed by atoms with Crippen molar-refractivity contribution >= 4 is 0 Å². The molecule has 1 aliphatic rings. The molecule has 2 nitrogen and oxygen atoms in total. The summed E-state index contributed by atoms with van der Waals surface area (Å²) in [7, 11) is 0. The van der Waals surface area contributed by atoms with Crippen molar-refractivity contribution in [3.05, 3.63) is 35.1 Å². The maximum absolute atomic E-state index is 13.0. The standard InChI is InChI=1S/C11H11F3O2/c12-8-3-6(4-9(13)11(8)14)10-5-7(15)1-2-16-10/h3-4,7,10,15H,1-2,5H2. The average molecular weight is 232 g/mol. The molecule has 2 unspecified atom stereocenters. The molecule has 2 rings (SSSR count). The molecule has 16 heavy (non-hydrogen) atoms. The second-order valence-corrected chi connectivity index (χ2v) is 3.84. The van der Waals surface area contributed by atoms with Gasteiger partial charge in [0, 0.05) is 13.0 Å². The van der Waals surface area contributed by atoms with Crippen LogP contribution in [0.25, 0.3) is 0 Å². The van der Waals surface area contributed by atoms with E-state index in [9.17, 15) is 18.3 Å². The second kappa shape index (κ2) is 4.43. The fourth-order valence-electron chi connectivity index (χ4n) is 1.77. The molecule has 1 saturated heterocycles. The van der Waals surface area contributed by atoms with Gasteiger partial charge in [-0.3, -0.25) is 0 Å². The third-order valence-electron chi connectivity index (χ3n) is 2.63. The minimum Gasteiger partial charge on any atom is -0.393 e. The molecule has 1 aromatic rings. The number of hydrogen-bond acceptors (Lipinski definition) is 2.